The lowest BCUT2D eigenvalue weighted by molar-refractivity contribution is -0.141. The lowest BCUT2D eigenvalue weighted by atomic mass is 9.87. The van der Waals surface area contributed by atoms with E-state index in [0.29, 0.717) is 0 Å². The van der Waals surface area contributed by atoms with Crippen LogP contribution in [0.2, 0.25) is 0 Å². The van der Waals surface area contributed by atoms with Gasteiger partial charge in [0.1, 0.15) is 6.61 Å². The van der Waals surface area contributed by atoms with E-state index < -0.39 is 31.7 Å². The molecule has 0 radical (unpaired) electrons. The lowest BCUT2D eigenvalue weighted by Gasteiger charge is -2.29. The van der Waals surface area contributed by atoms with E-state index in [1.165, 1.54) is 7.11 Å². The summed E-state index contributed by atoms with van der Waals surface area (Å²) in [7, 11) is -0.978. The molecule has 7 nitrogen and oxygen atoms in total. The molecule has 8 heteroatoms. The van der Waals surface area contributed by atoms with Crippen molar-refractivity contribution in [2.75, 3.05) is 20.3 Å². The Labute approximate surface area is 106 Å². The summed E-state index contributed by atoms with van der Waals surface area (Å²) in [4.78, 5) is 22.7. The Kier molecular flexibility index (Phi) is 5.19. The predicted molar refractivity (Wildman–Crippen MR) is 61.9 cm³/mol. The SMILES string of the molecule is COC(=O)CCNC(=O)[C@@H]1O[P+](=O)OCC1(C)C. The predicted octanol–water partition coefficient (Wildman–Crippen LogP) is 0.765. The lowest BCUT2D eigenvalue weighted by Crippen LogP contribution is -2.48. The first-order chi connectivity index (χ1) is 8.36. The van der Waals surface area contributed by atoms with Crippen LogP contribution in [0, 0.1) is 5.41 Å². The standard InChI is InChI=1S/C10H16NO6P/c1-10(2)6-16-18(14)17-8(10)9(13)11-5-4-7(12)15-3/h8H,4-6H2,1-3H3/p+1/t8-/m0/s1. The number of hydrogen-bond donors (Lipinski definition) is 1. The Hall–Kier alpha value is -1.04. The van der Waals surface area contributed by atoms with Crippen LogP contribution in [0.5, 0.6) is 0 Å². The highest BCUT2D eigenvalue weighted by atomic mass is 31.1. The summed E-state index contributed by atoms with van der Waals surface area (Å²) in [5, 5.41) is 2.54. The quantitative estimate of drug-likeness (QED) is 0.603. The zero-order valence-electron chi connectivity index (χ0n) is 10.6. The second-order valence-electron chi connectivity index (χ2n) is 4.59. The number of rotatable bonds is 4. The molecule has 1 aliphatic rings. The van der Waals surface area contributed by atoms with Crippen LogP contribution in [0.4, 0.5) is 0 Å². The maximum atomic E-state index is 11.9. The molecule has 102 valence electrons. The molecule has 1 aliphatic heterocycles. The summed E-state index contributed by atoms with van der Waals surface area (Å²) in [5.74, 6) is -0.816. The zero-order valence-corrected chi connectivity index (χ0v) is 11.5. The van der Waals surface area contributed by atoms with E-state index in [2.05, 4.69) is 10.1 Å². The summed E-state index contributed by atoms with van der Waals surface area (Å²) in [6, 6.07) is 0. The van der Waals surface area contributed by atoms with Gasteiger partial charge in [-0.1, -0.05) is 13.8 Å². The third-order valence-electron chi connectivity index (χ3n) is 2.54. The monoisotopic (exact) mass is 278 g/mol. The molecular weight excluding hydrogens is 261 g/mol. The summed E-state index contributed by atoms with van der Waals surface area (Å²) in [5.41, 5.74) is -0.571. The second-order valence-corrected chi connectivity index (χ2v) is 5.50. The van der Waals surface area contributed by atoms with Crippen LogP contribution in [-0.2, 0) is 27.9 Å². The van der Waals surface area contributed by atoms with Gasteiger partial charge in [-0.25, -0.2) is 0 Å². The number of carbonyl (C=O) groups is 2. The van der Waals surface area contributed by atoms with E-state index in [4.69, 9.17) is 9.05 Å². The highest BCUT2D eigenvalue weighted by molar-refractivity contribution is 7.33. The molecule has 0 aliphatic carbocycles. The largest absolute Gasteiger partial charge is 0.698 e. The highest BCUT2D eigenvalue weighted by Crippen LogP contribution is 2.41. The Morgan fingerprint density at radius 3 is 2.78 bits per heavy atom. The minimum Gasteiger partial charge on any atom is -0.469 e. The van der Waals surface area contributed by atoms with E-state index >= 15 is 0 Å². The van der Waals surface area contributed by atoms with Gasteiger partial charge in [0.05, 0.1) is 13.5 Å². The van der Waals surface area contributed by atoms with Gasteiger partial charge < -0.3 is 10.1 Å². The Bertz CT molecular complexity index is 356. The molecule has 0 aromatic heterocycles. The van der Waals surface area contributed by atoms with Crippen molar-refractivity contribution in [3.63, 3.8) is 0 Å². The van der Waals surface area contributed by atoms with Gasteiger partial charge >= 0.3 is 14.2 Å². The number of ether oxygens (including phenoxy) is 1. The number of methoxy groups -OCH3 is 1. The van der Waals surface area contributed by atoms with E-state index in [0.717, 1.165) is 0 Å². The molecule has 0 aromatic rings. The van der Waals surface area contributed by atoms with Crippen molar-refractivity contribution in [2.45, 2.75) is 26.4 Å². The topological polar surface area (TPSA) is 90.9 Å². The third kappa shape index (κ3) is 4.01. The van der Waals surface area contributed by atoms with Crippen molar-refractivity contribution in [3.05, 3.63) is 0 Å². The van der Waals surface area contributed by atoms with Crippen molar-refractivity contribution >= 4 is 20.1 Å². The molecule has 2 atom stereocenters. The fourth-order valence-electron chi connectivity index (χ4n) is 1.44. The minimum atomic E-state index is -2.25. The van der Waals surface area contributed by atoms with Crippen molar-refractivity contribution < 1.29 is 27.9 Å². The maximum Gasteiger partial charge on any atom is 0.698 e. The van der Waals surface area contributed by atoms with Gasteiger partial charge in [0.2, 0.25) is 6.10 Å². The number of amides is 1. The van der Waals surface area contributed by atoms with Gasteiger partial charge in [-0.3, -0.25) is 9.59 Å². The average molecular weight is 278 g/mol. The molecule has 1 fully saturated rings. The number of carbonyl (C=O) groups excluding carboxylic acids is 2. The smallest absolute Gasteiger partial charge is 0.469 e. The van der Waals surface area contributed by atoms with E-state index in [9.17, 15) is 14.2 Å². The van der Waals surface area contributed by atoms with Crippen molar-refractivity contribution in [1.29, 1.82) is 0 Å². The molecule has 1 N–H and O–H groups in total. The van der Waals surface area contributed by atoms with Crippen LogP contribution in [0.3, 0.4) is 0 Å². The first-order valence-electron chi connectivity index (χ1n) is 5.48. The molecular formula is C10H17NO6P+. The van der Waals surface area contributed by atoms with Crippen LogP contribution in [0.1, 0.15) is 20.3 Å². The molecule has 1 rings (SSSR count). The second kappa shape index (κ2) is 6.22. The molecule has 1 unspecified atom stereocenters. The fraction of sp³-hybridized carbons (Fsp3) is 0.800. The third-order valence-corrected chi connectivity index (χ3v) is 3.26. The van der Waals surface area contributed by atoms with Crippen LogP contribution in [-0.4, -0.2) is 38.2 Å². The van der Waals surface area contributed by atoms with Crippen LogP contribution < -0.4 is 5.32 Å². The van der Waals surface area contributed by atoms with Crippen LogP contribution >= 0.6 is 8.25 Å². The number of hydrogen-bond acceptors (Lipinski definition) is 6. The Morgan fingerprint density at radius 2 is 2.17 bits per heavy atom. The van der Waals surface area contributed by atoms with Crippen LogP contribution in [0.15, 0.2) is 0 Å². The average Bonchev–Trinajstić information content (AvgIpc) is 2.31. The summed E-state index contributed by atoms with van der Waals surface area (Å²) in [6.45, 7) is 3.89. The van der Waals surface area contributed by atoms with Gasteiger partial charge in [0.25, 0.3) is 5.91 Å². The number of nitrogens with one attached hydrogen (secondary N) is 1. The van der Waals surface area contributed by atoms with E-state index in [1.54, 1.807) is 13.8 Å². The molecule has 1 heterocycles. The van der Waals surface area contributed by atoms with Gasteiger partial charge in [-0.15, -0.1) is 9.05 Å². The van der Waals surface area contributed by atoms with Crippen molar-refractivity contribution in [2.24, 2.45) is 5.41 Å². The zero-order chi connectivity index (χ0) is 13.8. The highest BCUT2D eigenvalue weighted by Gasteiger charge is 2.50. The fourth-order valence-corrected chi connectivity index (χ4v) is 2.49. The molecule has 0 bridgehead atoms. The van der Waals surface area contributed by atoms with Crippen molar-refractivity contribution in [3.8, 4) is 0 Å². The molecule has 0 spiro atoms. The first-order valence-corrected chi connectivity index (χ1v) is 6.58. The van der Waals surface area contributed by atoms with E-state index in [-0.39, 0.29) is 19.6 Å². The summed E-state index contributed by atoms with van der Waals surface area (Å²) >= 11 is 0. The first kappa shape index (κ1) is 15.0. The number of esters is 1. The van der Waals surface area contributed by atoms with Crippen LogP contribution in [0.25, 0.3) is 0 Å². The normalized spacial score (nSPS) is 24.4. The molecule has 0 aromatic carbocycles. The molecule has 1 amide bonds. The Morgan fingerprint density at radius 1 is 1.50 bits per heavy atom. The van der Waals surface area contributed by atoms with Crippen molar-refractivity contribution in [1.82, 2.24) is 5.32 Å². The molecule has 1 saturated heterocycles. The summed E-state index contributed by atoms with van der Waals surface area (Å²) < 4.78 is 25.5. The summed E-state index contributed by atoms with van der Waals surface area (Å²) in [6.07, 6.45) is -0.773. The van der Waals surface area contributed by atoms with Gasteiger partial charge in [-0.05, 0) is 0 Å². The molecule has 0 saturated carbocycles. The van der Waals surface area contributed by atoms with Gasteiger partial charge in [0.15, 0.2) is 0 Å². The van der Waals surface area contributed by atoms with Gasteiger partial charge in [-0.2, -0.15) is 0 Å². The van der Waals surface area contributed by atoms with Gasteiger partial charge in [0, 0.05) is 16.5 Å². The minimum absolute atomic E-state index is 0.0814. The molecule has 18 heavy (non-hydrogen) atoms. The van der Waals surface area contributed by atoms with E-state index in [1.807, 2.05) is 0 Å². The Balaban J connectivity index is 2.49. The maximum absolute atomic E-state index is 11.9.